The molecular formula is C15H13NS2. The summed E-state index contributed by atoms with van der Waals surface area (Å²) in [4.78, 5) is 3.87. The maximum atomic E-state index is 3.78. The highest BCUT2D eigenvalue weighted by molar-refractivity contribution is 8.00. The van der Waals surface area contributed by atoms with Crippen molar-refractivity contribution < 1.29 is 0 Å². The van der Waals surface area contributed by atoms with Gasteiger partial charge in [-0.05, 0) is 24.3 Å². The van der Waals surface area contributed by atoms with E-state index < -0.39 is 0 Å². The van der Waals surface area contributed by atoms with Gasteiger partial charge in [0.1, 0.15) is 0 Å². The second kappa shape index (κ2) is 5.12. The van der Waals surface area contributed by atoms with Gasteiger partial charge in [-0.2, -0.15) is 0 Å². The van der Waals surface area contributed by atoms with Crippen molar-refractivity contribution in [3.8, 4) is 0 Å². The van der Waals surface area contributed by atoms with Gasteiger partial charge in [0, 0.05) is 20.4 Å². The molecule has 0 amide bonds. The molecule has 0 radical (unpaired) electrons. The molecule has 0 atom stereocenters. The van der Waals surface area contributed by atoms with Gasteiger partial charge in [-0.3, -0.25) is 0 Å². The second-order valence-electron chi connectivity index (χ2n) is 3.95. The number of hydrogen-bond donors (Lipinski definition) is 1. The van der Waals surface area contributed by atoms with Crippen LogP contribution in [-0.2, 0) is 0 Å². The zero-order chi connectivity index (χ0) is 12.4. The van der Waals surface area contributed by atoms with Gasteiger partial charge < -0.3 is 5.32 Å². The first kappa shape index (κ1) is 11.8. The minimum Gasteiger partial charge on any atom is -0.353 e. The lowest BCUT2D eigenvalue weighted by molar-refractivity contribution is 1.25. The maximum Gasteiger partial charge on any atom is 0.0664 e. The third-order valence-electron chi connectivity index (χ3n) is 2.71. The van der Waals surface area contributed by atoms with Crippen LogP contribution in [0.1, 0.15) is 0 Å². The molecule has 0 fully saturated rings. The van der Waals surface area contributed by atoms with Crippen LogP contribution >= 0.6 is 23.5 Å². The summed E-state index contributed by atoms with van der Waals surface area (Å²) in [5, 5.41) is 3.54. The van der Waals surface area contributed by atoms with Crippen LogP contribution in [0.25, 0.3) is 0 Å². The Morgan fingerprint density at radius 2 is 1.94 bits per heavy atom. The molecular weight excluding hydrogens is 258 g/mol. The van der Waals surface area contributed by atoms with Crippen LogP contribution in [0.3, 0.4) is 0 Å². The summed E-state index contributed by atoms with van der Waals surface area (Å²) in [5.41, 5.74) is 2.43. The van der Waals surface area contributed by atoms with E-state index in [9.17, 15) is 0 Å². The first-order chi connectivity index (χ1) is 8.88. The maximum absolute atomic E-state index is 3.78. The van der Waals surface area contributed by atoms with Crippen molar-refractivity contribution in [2.24, 2.45) is 0 Å². The number of thioether (sulfide) groups is 1. The normalized spacial score (nSPS) is 12.2. The van der Waals surface area contributed by atoms with E-state index in [1.165, 1.54) is 26.1 Å². The van der Waals surface area contributed by atoms with Crippen LogP contribution in [-0.4, -0.2) is 5.75 Å². The van der Waals surface area contributed by atoms with Gasteiger partial charge in [0.15, 0.2) is 0 Å². The highest BCUT2D eigenvalue weighted by Crippen LogP contribution is 2.47. The second-order valence-corrected chi connectivity index (χ2v) is 6.10. The standard InChI is InChI=1S/C15H13NS2/c1-2-10-17-13-8-5-9-14-15(13)16-11-6-3-4-7-12(11)18-14/h2-9,16H,1,10H2. The number of hydrogen-bond acceptors (Lipinski definition) is 3. The fourth-order valence-electron chi connectivity index (χ4n) is 1.90. The minimum absolute atomic E-state index is 0.935. The number of rotatable bonds is 3. The van der Waals surface area contributed by atoms with Crippen LogP contribution in [0.15, 0.2) is 69.8 Å². The van der Waals surface area contributed by atoms with Gasteiger partial charge in [0.25, 0.3) is 0 Å². The molecule has 1 aliphatic heterocycles. The van der Waals surface area contributed by atoms with Gasteiger partial charge >= 0.3 is 0 Å². The van der Waals surface area contributed by atoms with E-state index >= 15 is 0 Å². The minimum atomic E-state index is 0.935. The van der Waals surface area contributed by atoms with E-state index in [1.54, 1.807) is 0 Å². The van der Waals surface area contributed by atoms with Crippen molar-refractivity contribution in [3.05, 3.63) is 55.1 Å². The van der Waals surface area contributed by atoms with Gasteiger partial charge in [-0.15, -0.1) is 18.3 Å². The summed E-state index contributed by atoms with van der Waals surface area (Å²) < 4.78 is 0. The van der Waals surface area contributed by atoms with Gasteiger partial charge in [0.2, 0.25) is 0 Å². The van der Waals surface area contributed by atoms with Crippen molar-refractivity contribution in [1.29, 1.82) is 0 Å². The molecule has 0 unspecified atom stereocenters. The Labute approximate surface area is 116 Å². The predicted molar refractivity (Wildman–Crippen MR) is 81.2 cm³/mol. The molecule has 2 aromatic rings. The third kappa shape index (κ3) is 2.16. The highest BCUT2D eigenvalue weighted by atomic mass is 32.2. The molecule has 2 aromatic carbocycles. The fraction of sp³-hybridized carbons (Fsp3) is 0.0667. The molecule has 90 valence electrons. The van der Waals surface area contributed by atoms with E-state index in [-0.39, 0.29) is 0 Å². The van der Waals surface area contributed by atoms with Crippen molar-refractivity contribution in [2.75, 3.05) is 11.1 Å². The van der Waals surface area contributed by atoms with Gasteiger partial charge in [-0.1, -0.05) is 36.0 Å². The van der Waals surface area contributed by atoms with Crippen LogP contribution in [0.4, 0.5) is 11.4 Å². The molecule has 0 spiro atoms. The molecule has 1 aliphatic rings. The zero-order valence-corrected chi connectivity index (χ0v) is 11.5. The molecule has 0 bridgehead atoms. The average molecular weight is 271 g/mol. The summed E-state index contributed by atoms with van der Waals surface area (Å²) in [6.07, 6.45) is 1.94. The Kier molecular flexibility index (Phi) is 3.35. The summed E-state index contributed by atoms with van der Waals surface area (Å²) >= 11 is 3.64. The Morgan fingerprint density at radius 3 is 2.83 bits per heavy atom. The summed E-state index contributed by atoms with van der Waals surface area (Å²) in [5.74, 6) is 0.935. The van der Waals surface area contributed by atoms with E-state index in [0.717, 1.165) is 5.75 Å². The average Bonchev–Trinajstić information content (AvgIpc) is 2.43. The number of fused-ring (bicyclic) bond motifs is 2. The lowest BCUT2D eigenvalue weighted by Crippen LogP contribution is -2.00. The lowest BCUT2D eigenvalue weighted by Gasteiger charge is -2.22. The van der Waals surface area contributed by atoms with Crippen molar-refractivity contribution >= 4 is 34.9 Å². The Hall–Kier alpha value is -1.32. The van der Waals surface area contributed by atoms with E-state index in [2.05, 4.69) is 54.4 Å². The highest BCUT2D eigenvalue weighted by Gasteiger charge is 2.17. The molecule has 3 rings (SSSR count). The lowest BCUT2D eigenvalue weighted by atomic mass is 10.2. The number of benzene rings is 2. The molecule has 0 saturated heterocycles. The van der Waals surface area contributed by atoms with Gasteiger partial charge in [0.05, 0.1) is 11.4 Å². The van der Waals surface area contributed by atoms with Crippen LogP contribution in [0, 0.1) is 0 Å². The Morgan fingerprint density at radius 1 is 1.11 bits per heavy atom. The van der Waals surface area contributed by atoms with Crippen molar-refractivity contribution in [2.45, 2.75) is 14.7 Å². The number of anilines is 2. The SMILES string of the molecule is C=CCSc1cccc2c1Nc1ccccc1S2. The number of nitrogens with one attached hydrogen (secondary N) is 1. The van der Waals surface area contributed by atoms with Crippen LogP contribution in [0.2, 0.25) is 0 Å². The number of para-hydroxylation sites is 2. The van der Waals surface area contributed by atoms with Crippen molar-refractivity contribution in [1.82, 2.24) is 0 Å². The molecule has 1 N–H and O–H groups in total. The first-order valence-corrected chi connectivity index (χ1v) is 7.59. The summed E-state index contributed by atoms with van der Waals surface area (Å²) in [7, 11) is 0. The van der Waals surface area contributed by atoms with Crippen LogP contribution in [0.5, 0.6) is 0 Å². The Bertz CT molecular complexity index is 593. The molecule has 1 nitrogen and oxygen atoms in total. The van der Waals surface area contributed by atoms with Gasteiger partial charge in [-0.25, -0.2) is 0 Å². The molecule has 3 heteroatoms. The molecule has 18 heavy (non-hydrogen) atoms. The summed E-state index contributed by atoms with van der Waals surface area (Å²) in [6, 6.07) is 14.9. The summed E-state index contributed by atoms with van der Waals surface area (Å²) in [6.45, 7) is 3.78. The molecule has 0 aliphatic carbocycles. The van der Waals surface area contributed by atoms with Crippen molar-refractivity contribution in [3.63, 3.8) is 0 Å². The largest absolute Gasteiger partial charge is 0.353 e. The van der Waals surface area contributed by atoms with E-state index in [1.807, 2.05) is 29.6 Å². The molecule has 0 aromatic heterocycles. The van der Waals surface area contributed by atoms with E-state index in [0.29, 0.717) is 0 Å². The predicted octanol–water partition coefficient (Wildman–Crippen LogP) is 5.17. The molecule has 1 heterocycles. The smallest absolute Gasteiger partial charge is 0.0664 e. The quantitative estimate of drug-likeness (QED) is 0.521. The first-order valence-electron chi connectivity index (χ1n) is 5.79. The topological polar surface area (TPSA) is 12.0 Å². The zero-order valence-electron chi connectivity index (χ0n) is 9.85. The monoisotopic (exact) mass is 271 g/mol. The van der Waals surface area contributed by atoms with E-state index in [4.69, 9.17) is 0 Å². The Balaban J connectivity index is 1.99. The van der Waals surface area contributed by atoms with Crippen LogP contribution < -0.4 is 5.32 Å². The third-order valence-corrected chi connectivity index (χ3v) is 4.90. The molecule has 0 saturated carbocycles. The fourth-order valence-corrected chi connectivity index (χ4v) is 3.76.